The molecule has 1 fully saturated rings. The number of hydrogen-bond donors (Lipinski definition) is 3. The number of anilines is 2. The van der Waals surface area contributed by atoms with E-state index in [1.165, 1.54) is 0 Å². The van der Waals surface area contributed by atoms with Gasteiger partial charge in [0.15, 0.2) is 0 Å². The number of benzene rings is 1. The molecule has 0 aliphatic carbocycles. The van der Waals surface area contributed by atoms with Crippen LogP contribution in [-0.4, -0.2) is 50.7 Å². The van der Waals surface area contributed by atoms with E-state index < -0.39 is 5.60 Å². The van der Waals surface area contributed by atoms with Crippen molar-refractivity contribution in [2.24, 2.45) is 5.92 Å². The second-order valence-corrected chi connectivity index (χ2v) is 10.1. The Morgan fingerprint density at radius 2 is 2.03 bits per heavy atom. The number of amides is 1. The molecule has 3 N–H and O–H groups in total. The Balaban J connectivity index is 1.43. The molecular formula is C24H31ClN6O2. The second kappa shape index (κ2) is 9.57. The average molecular weight is 471 g/mol. The minimum absolute atomic E-state index is 0.101. The van der Waals surface area contributed by atoms with Crippen molar-refractivity contribution in [3.63, 3.8) is 0 Å². The van der Waals surface area contributed by atoms with Gasteiger partial charge in [-0.05, 0) is 62.9 Å². The number of H-pyrrole nitrogens is 1. The Labute approximate surface area is 199 Å². The minimum Gasteiger partial charge on any atom is -0.444 e. The molecule has 1 aromatic carbocycles. The van der Waals surface area contributed by atoms with Gasteiger partial charge in [-0.3, -0.25) is 4.90 Å². The second-order valence-electron chi connectivity index (χ2n) is 9.65. The van der Waals surface area contributed by atoms with E-state index in [-0.39, 0.29) is 12.1 Å². The van der Waals surface area contributed by atoms with Crippen LogP contribution in [-0.2, 0) is 11.3 Å². The van der Waals surface area contributed by atoms with E-state index in [0.717, 1.165) is 54.2 Å². The molecule has 0 radical (unpaired) electrons. The van der Waals surface area contributed by atoms with Gasteiger partial charge in [0, 0.05) is 42.6 Å². The van der Waals surface area contributed by atoms with Crippen molar-refractivity contribution in [3.05, 3.63) is 47.4 Å². The molecule has 0 saturated carbocycles. The average Bonchev–Trinajstić information content (AvgIpc) is 3.14. The number of carbonyl (C=O) groups is 1. The molecule has 176 valence electrons. The van der Waals surface area contributed by atoms with Crippen molar-refractivity contribution in [1.29, 1.82) is 0 Å². The lowest BCUT2D eigenvalue weighted by Crippen LogP contribution is -2.50. The topological polar surface area (TPSA) is 95.2 Å². The molecule has 8 nitrogen and oxygen atoms in total. The molecule has 2 aromatic heterocycles. The number of likely N-dealkylation sites (tertiary alicyclic amines) is 1. The number of nitrogens with zero attached hydrogens (tertiary/aromatic N) is 3. The highest BCUT2D eigenvalue weighted by atomic mass is 35.5. The van der Waals surface area contributed by atoms with Crippen LogP contribution in [0.15, 0.2) is 36.8 Å². The van der Waals surface area contributed by atoms with Gasteiger partial charge in [-0.25, -0.2) is 14.8 Å². The lowest BCUT2D eigenvalue weighted by Gasteiger charge is -2.37. The number of piperidine rings is 1. The van der Waals surface area contributed by atoms with E-state index in [0.29, 0.717) is 10.9 Å². The Morgan fingerprint density at radius 1 is 1.27 bits per heavy atom. The first-order valence-electron chi connectivity index (χ1n) is 11.2. The highest BCUT2D eigenvalue weighted by molar-refractivity contribution is 6.30. The molecule has 0 spiro atoms. The van der Waals surface area contributed by atoms with Crippen LogP contribution in [0.3, 0.4) is 0 Å². The zero-order valence-electron chi connectivity index (χ0n) is 19.5. The third-order valence-corrected chi connectivity index (χ3v) is 6.00. The van der Waals surface area contributed by atoms with Crippen LogP contribution in [0, 0.1) is 5.92 Å². The summed E-state index contributed by atoms with van der Waals surface area (Å²) in [5.74, 6) is 1.06. The maximum atomic E-state index is 12.2. The van der Waals surface area contributed by atoms with Gasteiger partial charge in [-0.2, -0.15) is 0 Å². The number of alkyl carbamates (subject to hydrolysis) is 1. The van der Waals surface area contributed by atoms with Crippen LogP contribution in [0.4, 0.5) is 16.3 Å². The molecule has 1 aliphatic rings. The maximum absolute atomic E-state index is 12.2. The largest absolute Gasteiger partial charge is 0.444 e. The first-order valence-corrected chi connectivity index (χ1v) is 11.6. The van der Waals surface area contributed by atoms with Crippen LogP contribution in [0.1, 0.15) is 39.7 Å². The summed E-state index contributed by atoms with van der Waals surface area (Å²) in [4.78, 5) is 26.7. The molecule has 3 heterocycles. The highest BCUT2D eigenvalue weighted by Gasteiger charge is 2.29. The van der Waals surface area contributed by atoms with Crippen molar-refractivity contribution in [2.45, 2.75) is 52.3 Å². The van der Waals surface area contributed by atoms with Gasteiger partial charge in [-0.15, -0.1) is 0 Å². The number of aromatic nitrogens is 3. The molecule has 4 rings (SSSR count). The quantitative estimate of drug-likeness (QED) is 0.480. The van der Waals surface area contributed by atoms with E-state index in [4.69, 9.17) is 16.3 Å². The number of nitrogens with one attached hydrogen (secondary N) is 3. The Hall–Kier alpha value is -2.84. The summed E-state index contributed by atoms with van der Waals surface area (Å²) in [5.41, 5.74) is 2.34. The molecular weight excluding hydrogens is 440 g/mol. The molecule has 1 amide bonds. The molecule has 2 atom stereocenters. The number of aromatic amines is 1. The first-order chi connectivity index (χ1) is 15.7. The van der Waals surface area contributed by atoms with E-state index >= 15 is 0 Å². The molecule has 3 aromatic rings. The number of hydrogen-bond acceptors (Lipinski definition) is 6. The van der Waals surface area contributed by atoms with Crippen LogP contribution in [0.2, 0.25) is 5.02 Å². The summed E-state index contributed by atoms with van der Waals surface area (Å²) in [5, 5.41) is 8.10. The van der Waals surface area contributed by atoms with Crippen molar-refractivity contribution in [2.75, 3.05) is 18.4 Å². The van der Waals surface area contributed by atoms with Crippen LogP contribution >= 0.6 is 11.6 Å². The van der Waals surface area contributed by atoms with Gasteiger partial charge >= 0.3 is 6.09 Å². The maximum Gasteiger partial charge on any atom is 0.407 e. The number of carbonyl (C=O) groups excluding carboxylic acids is 1. The summed E-state index contributed by atoms with van der Waals surface area (Å²) in [6.07, 6.45) is 4.08. The number of halogens is 1. The number of fused-ring (bicyclic) bond motifs is 1. The van der Waals surface area contributed by atoms with Gasteiger partial charge in [-0.1, -0.05) is 18.5 Å². The van der Waals surface area contributed by atoms with Gasteiger partial charge in [0.2, 0.25) is 0 Å². The van der Waals surface area contributed by atoms with Crippen LogP contribution in [0.5, 0.6) is 0 Å². The van der Waals surface area contributed by atoms with Crippen LogP contribution < -0.4 is 10.6 Å². The van der Waals surface area contributed by atoms with Crippen molar-refractivity contribution < 1.29 is 9.53 Å². The van der Waals surface area contributed by atoms with E-state index in [1.807, 2.05) is 51.2 Å². The Kier molecular flexibility index (Phi) is 6.76. The molecule has 33 heavy (non-hydrogen) atoms. The first kappa shape index (κ1) is 23.3. The van der Waals surface area contributed by atoms with Gasteiger partial charge < -0.3 is 20.4 Å². The molecule has 0 unspecified atom stereocenters. The Morgan fingerprint density at radius 3 is 2.73 bits per heavy atom. The summed E-state index contributed by atoms with van der Waals surface area (Å²) in [6.45, 7) is 10.3. The van der Waals surface area contributed by atoms with Gasteiger partial charge in [0.05, 0.1) is 5.39 Å². The summed E-state index contributed by atoms with van der Waals surface area (Å²) >= 11 is 6.01. The molecule has 9 heteroatoms. The molecule has 1 saturated heterocycles. The highest BCUT2D eigenvalue weighted by Crippen LogP contribution is 2.29. The monoisotopic (exact) mass is 470 g/mol. The summed E-state index contributed by atoms with van der Waals surface area (Å²) < 4.78 is 5.42. The third-order valence-electron chi connectivity index (χ3n) is 5.74. The third kappa shape index (κ3) is 5.94. The van der Waals surface area contributed by atoms with Crippen LogP contribution in [0.25, 0.3) is 11.0 Å². The predicted octanol–water partition coefficient (Wildman–Crippen LogP) is 5.09. The SMILES string of the molecule is C[C@H]1CN(Cc2c[nH]c3ncnc(Nc4ccc(Cl)cc4)c23)CC[C@@H]1NC(=O)OC(C)(C)C. The van der Waals surface area contributed by atoms with Gasteiger partial charge in [0.25, 0.3) is 0 Å². The van der Waals surface area contributed by atoms with Crippen molar-refractivity contribution in [1.82, 2.24) is 25.2 Å². The fraction of sp³-hybridized carbons (Fsp3) is 0.458. The van der Waals surface area contributed by atoms with Crippen molar-refractivity contribution in [3.8, 4) is 0 Å². The minimum atomic E-state index is -0.497. The lowest BCUT2D eigenvalue weighted by molar-refractivity contribution is 0.0440. The standard InChI is InChI=1S/C24H31ClN6O2/c1-15-12-31(10-9-19(15)30-23(32)33-24(2,3)4)13-16-11-26-21-20(16)22(28-14-27-21)29-18-7-5-17(25)6-8-18/h5-8,11,14-15,19H,9-10,12-13H2,1-4H3,(H,30,32)(H2,26,27,28,29)/t15-,19-/m0/s1. The predicted molar refractivity (Wildman–Crippen MR) is 131 cm³/mol. The fourth-order valence-electron chi connectivity index (χ4n) is 4.21. The normalized spacial score (nSPS) is 19.4. The molecule has 1 aliphatic heterocycles. The smallest absolute Gasteiger partial charge is 0.407 e. The van der Waals surface area contributed by atoms with E-state index in [9.17, 15) is 4.79 Å². The number of ether oxygens (including phenoxy) is 1. The zero-order valence-corrected chi connectivity index (χ0v) is 20.2. The van der Waals surface area contributed by atoms with E-state index in [1.54, 1.807) is 6.33 Å². The number of rotatable bonds is 5. The van der Waals surface area contributed by atoms with Gasteiger partial charge in [0.1, 0.15) is 23.4 Å². The fourth-order valence-corrected chi connectivity index (χ4v) is 4.33. The van der Waals surface area contributed by atoms with Crippen molar-refractivity contribution >= 4 is 40.2 Å². The summed E-state index contributed by atoms with van der Waals surface area (Å²) in [6, 6.07) is 7.64. The zero-order chi connectivity index (χ0) is 23.6. The van der Waals surface area contributed by atoms with E-state index in [2.05, 4.69) is 37.4 Å². The molecule has 0 bridgehead atoms. The Bertz CT molecular complexity index is 1110. The lowest BCUT2D eigenvalue weighted by atomic mass is 9.93. The summed E-state index contributed by atoms with van der Waals surface area (Å²) in [7, 11) is 0.